The van der Waals surface area contributed by atoms with Crippen molar-refractivity contribution in [3.8, 4) is 192 Å². The molecule has 0 radical (unpaired) electrons. The number of nitrogens with zero attached hydrogens (tertiary/aromatic N) is 10. The van der Waals surface area contributed by atoms with Gasteiger partial charge in [-0.1, -0.05) is 303 Å². The van der Waals surface area contributed by atoms with Crippen molar-refractivity contribution in [2.45, 2.75) is 10.8 Å². The summed E-state index contributed by atoms with van der Waals surface area (Å²) in [5.41, 5.74) is 34.5. The Morgan fingerprint density at radius 2 is 0.531 bits per heavy atom. The first-order chi connectivity index (χ1) is 64.5. The Hall–Kier alpha value is -17.5. The molecular formula is C118H74N10O2. The van der Waals surface area contributed by atoms with Crippen LogP contribution < -0.4 is 9.47 Å². The first kappa shape index (κ1) is 76.2. The molecule has 0 saturated carbocycles. The Kier molecular flexibility index (Phi) is 18.7. The molecule has 4 aliphatic rings. The van der Waals surface area contributed by atoms with Crippen molar-refractivity contribution in [2.24, 2.45) is 0 Å². The van der Waals surface area contributed by atoms with Crippen molar-refractivity contribution in [1.82, 2.24) is 49.8 Å². The number of aromatic nitrogens is 10. The molecule has 8 aromatic heterocycles. The highest BCUT2D eigenvalue weighted by molar-refractivity contribution is 6.06. The number of hydrogen-bond acceptors (Lipinski definition) is 12. The molecule has 0 atom stereocenters. The van der Waals surface area contributed by atoms with E-state index in [-0.39, 0.29) is 0 Å². The van der Waals surface area contributed by atoms with E-state index >= 15 is 0 Å². The summed E-state index contributed by atoms with van der Waals surface area (Å²) in [6.45, 7) is 0. The van der Waals surface area contributed by atoms with E-state index in [0.717, 1.165) is 208 Å². The second-order valence-corrected chi connectivity index (χ2v) is 32.7. The molecule has 10 heterocycles. The molecule has 0 N–H and O–H groups in total. The first-order valence-electron chi connectivity index (χ1n) is 43.5. The monoisotopic (exact) mass is 1660 g/mol. The highest BCUT2D eigenvalue weighted by Crippen LogP contribution is 2.67. The number of ether oxygens (including phenoxy) is 2. The Morgan fingerprint density at radius 3 is 0.969 bits per heavy atom. The molecule has 0 fully saturated rings. The number of fused-ring (bicyclic) bond motifs is 18. The fourth-order valence-corrected chi connectivity index (χ4v) is 19.9. The fraction of sp³-hybridized carbons (Fsp3) is 0.0169. The fourth-order valence-electron chi connectivity index (χ4n) is 19.9. The molecule has 0 unspecified atom stereocenters. The zero-order valence-electron chi connectivity index (χ0n) is 70.0. The van der Waals surface area contributed by atoms with Gasteiger partial charge < -0.3 is 9.47 Å². The number of rotatable bonds is 13. The highest BCUT2D eigenvalue weighted by atomic mass is 16.5. The van der Waals surface area contributed by atoms with Crippen molar-refractivity contribution in [1.29, 1.82) is 0 Å². The SMILES string of the molecule is c1ccc(-c2cc(-c3ccc(-c4cccc5c4-c4c(-c6cc(-c7ccccn7)nc(-c7ccccn7)c6)cccc4C54c5ccccc5Oc5ccccc54)cc3)nc(-c3ccccc3)n2)cc1.c1ccc(-c2cc(-c3ccccc3)nc(-c3cccc4c3-c3c(-c5ccc(-c6cccnc6)nc5-c5cccnc5)cccc3C43c4ccccc4Oc4ccccc43)n2)cc1. The third-order valence-electron chi connectivity index (χ3n) is 25.5. The summed E-state index contributed by atoms with van der Waals surface area (Å²) in [7, 11) is 0. The number of para-hydroxylation sites is 4. The molecule has 2 aliphatic carbocycles. The van der Waals surface area contributed by atoms with Crippen LogP contribution >= 0.6 is 0 Å². The first-order valence-corrected chi connectivity index (χ1v) is 43.5. The molecule has 0 bridgehead atoms. The Balaban J connectivity index is 0.000000145. The van der Waals surface area contributed by atoms with Gasteiger partial charge in [-0.05, 0) is 182 Å². The van der Waals surface area contributed by atoms with Gasteiger partial charge in [0.15, 0.2) is 11.6 Å². The summed E-state index contributed by atoms with van der Waals surface area (Å²) in [6, 6.07) is 144. The molecule has 130 heavy (non-hydrogen) atoms. The zero-order chi connectivity index (χ0) is 86.1. The number of pyridine rings is 6. The summed E-state index contributed by atoms with van der Waals surface area (Å²) < 4.78 is 13.5. The predicted octanol–water partition coefficient (Wildman–Crippen LogP) is 27.9. The minimum absolute atomic E-state index is 0.644. The lowest BCUT2D eigenvalue weighted by molar-refractivity contribution is 0.436. The maximum atomic E-state index is 6.75. The van der Waals surface area contributed by atoms with E-state index in [1.54, 1.807) is 12.4 Å². The minimum Gasteiger partial charge on any atom is -0.457 e. The van der Waals surface area contributed by atoms with Crippen LogP contribution in [0.4, 0.5) is 0 Å². The van der Waals surface area contributed by atoms with Gasteiger partial charge in [0, 0.05) is 110 Å². The normalized spacial score (nSPS) is 12.7. The molecule has 21 aromatic rings. The van der Waals surface area contributed by atoms with Crippen molar-refractivity contribution < 1.29 is 9.47 Å². The summed E-state index contributed by atoms with van der Waals surface area (Å²) in [5, 5.41) is 0. The topological polar surface area (TPSA) is 147 Å². The van der Waals surface area contributed by atoms with Gasteiger partial charge in [-0.2, -0.15) is 0 Å². The summed E-state index contributed by atoms with van der Waals surface area (Å²) in [5.74, 6) is 4.68. The smallest absolute Gasteiger partial charge is 0.161 e. The van der Waals surface area contributed by atoms with Gasteiger partial charge in [0.25, 0.3) is 0 Å². The molecule has 2 aliphatic heterocycles. The molecular weight excluding hydrogens is 1590 g/mol. The van der Waals surface area contributed by atoms with Crippen LogP contribution in [-0.2, 0) is 10.8 Å². The van der Waals surface area contributed by atoms with Crippen molar-refractivity contribution in [3.63, 3.8) is 0 Å². The lowest BCUT2D eigenvalue weighted by Crippen LogP contribution is -2.32. The molecule has 12 nitrogen and oxygen atoms in total. The maximum Gasteiger partial charge on any atom is 0.161 e. The molecule has 25 rings (SSSR count). The molecule has 0 saturated heterocycles. The van der Waals surface area contributed by atoms with E-state index < -0.39 is 10.8 Å². The van der Waals surface area contributed by atoms with Crippen LogP contribution in [0, 0.1) is 0 Å². The van der Waals surface area contributed by atoms with E-state index in [1.165, 1.54) is 16.7 Å². The second kappa shape index (κ2) is 31.9. The van der Waals surface area contributed by atoms with Gasteiger partial charge in [0.2, 0.25) is 0 Å². The van der Waals surface area contributed by atoms with Gasteiger partial charge in [0.05, 0.1) is 67.8 Å². The van der Waals surface area contributed by atoms with Crippen LogP contribution in [0.5, 0.6) is 23.0 Å². The Morgan fingerprint density at radius 1 is 0.177 bits per heavy atom. The van der Waals surface area contributed by atoms with Gasteiger partial charge in [-0.3, -0.25) is 19.9 Å². The van der Waals surface area contributed by atoms with Gasteiger partial charge >= 0.3 is 0 Å². The number of benzene rings is 13. The quantitative estimate of drug-likeness (QED) is 0.108. The van der Waals surface area contributed by atoms with Crippen LogP contribution in [0.2, 0.25) is 0 Å². The van der Waals surface area contributed by atoms with E-state index in [9.17, 15) is 0 Å². The molecule has 608 valence electrons. The van der Waals surface area contributed by atoms with Crippen LogP contribution in [0.3, 0.4) is 0 Å². The summed E-state index contributed by atoms with van der Waals surface area (Å²) in [4.78, 5) is 50.1. The lowest BCUT2D eigenvalue weighted by Gasteiger charge is -2.39. The van der Waals surface area contributed by atoms with Crippen LogP contribution in [0.25, 0.3) is 169 Å². The van der Waals surface area contributed by atoms with Crippen LogP contribution in [0.15, 0.2) is 450 Å². The standard InChI is InChI=1S/C62H39N5O.C56H35N5O/c1-3-17-41(18-4-1)53-39-54(67-61(66-53)43-19-5-2-6-20-43)42-33-31-40(32-34-42)45-21-15-25-49-59(45)60-46(44-37-55(51-27-11-13-35-63-51)65-56(38-44)52-28-12-14-36-64-52)22-16-26-50(60)62(49)47-23-7-9-29-57(47)68-58-30-10-8-24-48(58)62;1-3-15-36(16-4-1)48-33-49(37-17-5-2-6-18-37)61-55(60-48)42-22-12-26-46-53(42)52-40(41-29-30-47(38-19-13-31-57-34-38)59-54(41)39-20-14-32-58-35-39)21-11-25-45(52)56(46)43-23-7-9-27-50(43)62-51-28-10-8-24-44(51)56/h1-39H;1-35H. The van der Waals surface area contributed by atoms with E-state index in [4.69, 9.17) is 49.3 Å². The maximum absolute atomic E-state index is 6.75. The largest absolute Gasteiger partial charge is 0.457 e. The second-order valence-electron chi connectivity index (χ2n) is 32.7. The van der Waals surface area contributed by atoms with Gasteiger partial charge in [-0.15, -0.1) is 0 Å². The zero-order valence-corrected chi connectivity index (χ0v) is 70.0. The third kappa shape index (κ3) is 12.8. The van der Waals surface area contributed by atoms with Crippen LogP contribution in [0.1, 0.15) is 44.5 Å². The van der Waals surface area contributed by atoms with E-state index in [1.807, 2.05) is 140 Å². The van der Waals surface area contributed by atoms with Crippen molar-refractivity contribution >= 4 is 0 Å². The average Bonchev–Trinajstić information content (AvgIpc) is 1.45. The summed E-state index contributed by atoms with van der Waals surface area (Å²) in [6.07, 6.45) is 11.0. The van der Waals surface area contributed by atoms with Crippen LogP contribution in [-0.4, -0.2) is 49.8 Å². The van der Waals surface area contributed by atoms with E-state index in [2.05, 4.69) is 307 Å². The van der Waals surface area contributed by atoms with Gasteiger partial charge in [-0.25, -0.2) is 29.9 Å². The van der Waals surface area contributed by atoms with Crippen molar-refractivity contribution in [2.75, 3.05) is 0 Å². The molecule has 0 amide bonds. The highest BCUT2D eigenvalue weighted by Gasteiger charge is 2.55. The third-order valence-corrected chi connectivity index (χ3v) is 25.5. The van der Waals surface area contributed by atoms with E-state index in [0.29, 0.717) is 11.6 Å². The molecule has 2 spiro atoms. The lowest BCUT2D eigenvalue weighted by atomic mass is 9.66. The molecule has 12 heteroatoms. The van der Waals surface area contributed by atoms with Crippen molar-refractivity contribution in [3.05, 3.63) is 494 Å². The summed E-state index contributed by atoms with van der Waals surface area (Å²) >= 11 is 0. The average molecular weight is 1660 g/mol. The predicted molar refractivity (Wildman–Crippen MR) is 516 cm³/mol. The number of hydrogen-bond donors (Lipinski definition) is 0. The Bertz CT molecular complexity index is 7690. The minimum atomic E-state index is -0.737. The Labute approximate surface area is 751 Å². The van der Waals surface area contributed by atoms with Gasteiger partial charge in [0.1, 0.15) is 23.0 Å². The molecule has 13 aromatic carbocycles.